The van der Waals surface area contributed by atoms with Crippen LogP contribution in [-0.2, 0) is 12.4 Å². The van der Waals surface area contributed by atoms with Crippen molar-refractivity contribution in [3.63, 3.8) is 0 Å². The van der Waals surface area contributed by atoms with Crippen molar-refractivity contribution in [3.05, 3.63) is 84.1 Å². The highest BCUT2D eigenvalue weighted by atomic mass is 32.1. The number of halogens is 6. The Kier molecular flexibility index (Phi) is 7.32. The van der Waals surface area contributed by atoms with Gasteiger partial charge in [0, 0.05) is 29.9 Å². The molecule has 1 aromatic heterocycles. The van der Waals surface area contributed by atoms with E-state index in [9.17, 15) is 26.3 Å². The minimum Gasteiger partial charge on any atom is -0.354 e. The molecule has 39 heavy (non-hydrogen) atoms. The molecule has 3 saturated heterocycles. The lowest BCUT2D eigenvalue weighted by molar-refractivity contribution is -0.143. The molecule has 4 heterocycles. The smallest absolute Gasteiger partial charge is 0.354 e. The molecule has 0 spiro atoms. The minimum atomic E-state index is -4.96. The molecule has 2 N–H and O–H groups in total. The molecule has 6 rings (SSSR count). The molecule has 0 amide bonds. The van der Waals surface area contributed by atoms with Crippen LogP contribution in [0.4, 0.5) is 32.0 Å². The Balaban J connectivity index is 1.48. The van der Waals surface area contributed by atoms with Gasteiger partial charge in [-0.25, -0.2) is 0 Å². The highest BCUT2D eigenvalue weighted by Gasteiger charge is 2.43. The SMILES string of the molecule is C=CC1CN2CCC1CC2[C@@H](NC(=S)Nc1cc(C(F)(F)F)cc(C(F)(F)F)c1)c1ccnc2ccccc12. The number of fused-ring (bicyclic) bond motifs is 4. The minimum absolute atomic E-state index is 0.00208. The van der Waals surface area contributed by atoms with E-state index in [-0.39, 0.29) is 23.3 Å². The Morgan fingerprint density at radius 1 is 1.05 bits per heavy atom. The van der Waals surface area contributed by atoms with Crippen molar-refractivity contribution in [1.29, 1.82) is 0 Å². The lowest BCUT2D eigenvalue weighted by atomic mass is 9.73. The van der Waals surface area contributed by atoms with Crippen LogP contribution in [0.3, 0.4) is 0 Å². The maximum Gasteiger partial charge on any atom is 0.416 e. The van der Waals surface area contributed by atoms with Crippen molar-refractivity contribution in [3.8, 4) is 0 Å². The van der Waals surface area contributed by atoms with Gasteiger partial charge in [-0.15, -0.1) is 6.58 Å². The number of aromatic nitrogens is 1. The highest BCUT2D eigenvalue weighted by molar-refractivity contribution is 7.80. The van der Waals surface area contributed by atoms with Crippen molar-refractivity contribution in [2.24, 2.45) is 11.8 Å². The van der Waals surface area contributed by atoms with Crippen LogP contribution in [0.15, 0.2) is 67.4 Å². The van der Waals surface area contributed by atoms with Crippen molar-refractivity contribution in [2.75, 3.05) is 18.4 Å². The number of anilines is 1. The van der Waals surface area contributed by atoms with Crippen LogP contribution >= 0.6 is 12.2 Å². The van der Waals surface area contributed by atoms with Crippen molar-refractivity contribution >= 4 is 33.9 Å². The molecule has 3 aromatic rings. The van der Waals surface area contributed by atoms with Gasteiger partial charge < -0.3 is 10.6 Å². The van der Waals surface area contributed by atoms with Crippen molar-refractivity contribution in [2.45, 2.75) is 37.3 Å². The van der Waals surface area contributed by atoms with E-state index in [0.29, 0.717) is 24.0 Å². The van der Waals surface area contributed by atoms with Crippen LogP contribution < -0.4 is 10.6 Å². The van der Waals surface area contributed by atoms with Gasteiger partial charge in [-0.3, -0.25) is 9.88 Å². The van der Waals surface area contributed by atoms with E-state index in [1.54, 1.807) is 6.20 Å². The second-order valence-electron chi connectivity index (χ2n) is 10.0. The summed E-state index contributed by atoms with van der Waals surface area (Å²) in [5.74, 6) is 0.787. The zero-order valence-electron chi connectivity index (χ0n) is 20.7. The summed E-state index contributed by atoms with van der Waals surface area (Å²) in [6.07, 6.45) is -4.37. The lowest BCUT2D eigenvalue weighted by Crippen LogP contribution is -2.57. The molecule has 3 aliphatic rings. The number of alkyl halides is 6. The Bertz CT molecular complexity index is 1350. The fourth-order valence-electron chi connectivity index (χ4n) is 5.83. The van der Waals surface area contributed by atoms with Gasteiger partial charge in [-0.05, 0) is 79.3 Å². The molecule has 0 radical (unpaired) electrons. The van der Waals surface area contributed by atoms with Crippen LogP contribution in [0.5, 0.6) is 0 Å². The number of rotatable bonds is 5. The number of para-hydroxylation sites is 1. The van der Waals surface area contributed by atoms with E-state index < -0.39 is 29.2 Å². The zero-order chi connectivity index (χ0) is 27.9. The predicted octanol–water partition coefficient (Wildman–Crippen LogP) is 7.20. The summed E-state index contributed by atoms with van der Waals surface area (Å²) in [7, 11) is 0. The Labute approximate surface area is 227 Å². The van der Waals surface area contributed by atoms with Crippen LogP contribution in [0.25, 0.3) is 10.9 Å². The monoisotopic (exact) mass is 564 g/mol. The third-order valence-corrected chi connectivity index (χ3v) is 7.91. The van der Waals surface area contributed by atoms with Gasteiger partial charge in [0.25, 0.3) is 0 Å². The Hall–Kier alpha value is -3.18. The molecular formula is C28H26F6N4S. The molecule has 2 bridgehead atoms. The number of piperidine rings is 3. The second-order valence-corrected chi connectivity index (χ2v) is 10.4. The van der Waals surface area contributed by atoms with Crippen molar-refractivity contribution < 1.29 is 26.3 Å². The topological polar surface area (TPSA) is 40.2 Å². The number of nitrogens with one attached hydrogen (secondary N) is 2. The molecule has 0 aliphatic carbocycles. The number of pyridine rings is 1. The summed E-state index contributed by atoms with van der Waals surface area (Å²) < 4.78 is 80.3. The van der Waals surface area contributed by atoms with Crippen LogP contribution in [0, 0.1) is 11.8 Å². The van der Waals surface area contributed by atoms with E-state index in [1.165, 1.54) is 0 Å². The van der Waals surface area contributed by atoms with E-state index in [4.69, 9.17) is 12.2 Å². The molecule has 3 aliphatic heterocycles. The van der Waals surface area contributed by atoms with E-state index in [1.807, 2.05) is 36.4 Å². The second kappa shape index (κ2) is 10.4. The maximum atomic E-state index is 13.4. The standard InChI is InChI=1S/C28H26F6N4S/c1-2-16-15-38-10-8-17(16)11-24(38)25(22-7-9-35-23-6-4-3-5-21(22)23)37-26(39)36-20-13-18(27(29,30)31)12-19(14-20)28(32,33)34/h2-7,9,12-14,16-17,24-25H,1,8,10-11,15H2,(H2,36,37,39)/t16?,17?,24?,25-/m0/s1. The zero-order valence-corrected chi connectivity index (χ0v) is 21.5. The van der Waals surface area contributed by atoms with E-state index >= 15 is 0 Å². The summed E-state index contributed by atoms with van der Waals surface area (Å²) in [6, 6.07) is 10.4. The molecule has 4 nitrogen and oxygen atoms in total. The first kappa shape index (κ1) is 27.4. The van der Waals surface area contributed by atoms with E-state index in [0.717, 1.165) is 42.4 Å². The number of benzene rings is 2. The molecule has 0 saturated carbocycles. The first-order valence-electron chi connectivity index (χ1n) is 12.5. The number of thiocarbonyl (C=S) groups is 1. The maximum absolute atomic E-state index is 13.4. The molecule has 206 valence electrons. The quantitative estimate of drug-likeness (QED) is 0.195. The van der Waals surface area contributed by atoms with Gasteiger partial charge in [0.15, 0.2) is 5.11 Å². The van der Waals surface area contributed by atoms with Gasteiger partial charge in [0.2, 0.25) is 0 Å². The normalized spacial score (nSPS) is 23.8. The Morgan fingerprint density at radius 3 is 2.36 bits per heavy atom. The molecule has 11 heteroatoms. The first-order valence-corrected chi connectivity index (χ1v) is 12.9. The predicted molar refractivity (Wildman–Crippen MR) is 142 cm³/mol. The third-order valence-electron chi connectivity index (χ3n) is 7.69. The lowest BCUT2D eigenvalue weighted by Gasteiger charge is -2.52. The fourth-order valence-corrected chi connectivity index (χ4v) is 6.07. The third kappa shape index (κ3) is 5.74. The van der Waals surface area contributed by atoms with Crippen molar-refractivity contribution in [1.82, 2.24) is 15.2 Å². The van der Waals surface area contributed by atoms with Crippen LogP contribution in [0.1, 0.15) is 35.6 Å². The van der Waals surface area contributed by atoms with Gasteiger partial charge in [0.05, 0.1) is 22.7 Å². The van der Waals surface area contributed by atoms with E-state index in [2.05, 4.69) is 27.1 Å². The number of hydrogen-bond acceptors (Lipinski definition) is 3. The first-order chi connectivity index (χ1) is 18.4. The molecule has 5 atom stereocenters. The van der Waals surface area contributed by atoms with Gasteiger partial charge in [0.1, 0.15) is 0 Å². The van der Waals surface area contributed by atoms with Crippen LogP contribution in [-0.4, -0.2) is 34.1 Å². The number of nitrogens with zero attached hydrogens (tertiary/aromatic N) is 2. The fraction of sp³-hybridized carbons (Fsp3) is 0.357. The Morgan fingerprint density at radius 2 is 1.74 bits per heavy atom. The molecular weight excluding hydrogens is 538 g/mol. The van der Waals surface area contributed by atoms with Gasteiger partial charge in [-0.1, -0.05) is 24.3 Å². The summed E-state index contributed by atoms with van der Waals surface area (Å²) in [6.45, 7) is 5.68. The highest BCUT2D eigenvalue weighted by Crippen LogP contribution is 2.42. The molecule has 4 unspecified atom stereocenters. The summed E-state index contributed by atoms with van der Waals surface area (Å²) in [4.78, 5) is 6.79. The van der Waals surface area contributed by atoms with Gasteiger partial charge in [-0.2, -0.15) is 26.3 Å². The average Bonchev–Trinajstić information content (AvgIpc) is 2.90. The summed E-state index contributed by atoms with van der Waals surface area (Å²) in [5.41, 5.74) is -1.55. The summed E-state index contributed by atoms with van der Waals surface area (Å²) in [5, 5.41) is 6.65. The summed E-state index contributed by atoms with van der Waals surface area (Å²) >= 11 is 5.47. The van der Waals surface area contributed by atoms with Crippen LogP contribution in [0.2, 0.25) is 0 Å². The number of hydrogen-bond donors (Lipinski definition) is 2. The molecule has 2 aromatic carbocycles. The van der Waals surface area contributed by atoms with Gasteiger partial charge >= 0.3 is 12.4 Å². The largest absolute Gasteiger partial charge is 0.416 e. The average molecular weight is 565 g/mol. The molecule has 3 fully saturated rings.